The van der Waals surface area contributed by atoms with Crippen molar-refractivity contribution in [2.24, 2.45) is 0 Å². The number of hydrogen-bond donors (Lipinski definition) is 0. The minimum Gasteiger partial charge on any atom is -0.338 e. The average Bonchev–Trinajstić information content (AvgIpc) is 3.40. The van der Waals surface area contributed by atoms with Crippen LogP contribution in [0.3, 0.4) is 0 Å². The molecule has 0 fully saturated rings. The van der Waals surface area contributed by atoms with Crippen molar-refractivity contribution >= 4 is 23.4 Å². The van der Waals surface area contributed by atoms with Gasteiger partial charge in [0.1, 0.15) is 0 Å². The third-order valence-electron chi connectivity index (χ3n) is 4.64. The average molecular weight is 441 g/mol. The number of nitrogens with zero attached hydrogens (tertiary/aromatic N) is 6. The Morgan fingerprint density at radius 2 is 1.97 bits per heavy atom. The molecule has 0 atom stereocenters. The predicted molar refractivity (Wildman–Crippen MR) is 117 cm³/mol. The van der Waals surface area contributed by atoms with Gasteiger partial charge < -0.3 is 4.52 Å². The fraction of sp³-hybridized carbons (Fsp3) is 0.286. The molecule has 4 rings (SSSR count). The van der Waals surface area contributed by atoms with Crippen molar-refractivity contribution in [1.82, 2.24) is 29.9 Å². The summed E-state index contributed by atoms with van der Waals surface area (Å²) in [6.07, 6.45) is 6.45. The molecule has 0 aliphatic carbocycles. The highest BCUT2D eigenvalue weighted by Crippen LogP contribution is 2.32. The molecule has 30 heavy (non-hydrogen) atoms. The number of thioether (sulfide) groups is 1. The van der Waals surface area contributed by atoms with Gasteiger partial charge in [0.25, 0.3) is 0 Å². The highest BCUT2D eigenvalue weighted by Gasteiger charge is 2.19. The first-order valence-electron chi connectivity index (χ1n) is 9.73. The van der Waals surface area contributed by atoms with E-state index in [1.165, 1.54) is 11.8 Å². The maximum Gasteiger partial charge on any atom is 0.237 e. The fourth-order valence-corrected chi connectivity index (χ4v) is 3.97. The van der Waals surface area contributed by atoms with Crippen molar-refractivity contribution in [2.75, 3.05) is 0 Å². The summed E-state index contributed by atoms with van der Waals surface area (Å²) in [7, 11) is 0. The Labute approximate surface area is 183 Å². The van der Waals surface area contributed by atoms with Gasteiger partial charge in [-0.3, -0.25) is 9.55 Å². The summed E-state index contributed by atoms with van der Waals surface area (Å²) in [6.45, 7) is 4.13. The molecule has 9 heteroatoms. The molecule has 0 unspecified atom stereocenters. The Bertz CT molecular complexity index is 1130. The standard InChI is InChI=1S/C21H21ClN6OS/c1-3-4-8-18-24-19(29-27-18)13-30-21-26-25-20(15-9-11-23-12-10-15)28(21)17-7-5-6-16(22)14(17)2/h5-7,9-12H,3-4,8,13H2,1-2H3. The molecule has 7 nitrogen and oxygen atoms in total. The lowest BCUT2D eigenvalue weighted by Gasteiger charge is -2.13. The largest absolute Gasteiger partial charge is 0.338 e. The molecule has 0 aliphatic heterocycles. The van der Waals surface area contributed by atoms with Crippen LogP contribution in [0, 0.1) is 6.92 Å². The molecule has 3 heterocycles. The number of halogens is 1. The van der Waals surface area contributed by atoms with E-state index in [0.29, 0.717) is 16.7 Å². The molecule has 0 aliphatic rings. The van der Waals surface area contributed by atoms with Crippen LogP contribution in [-0.2, 0) is 12.2 Å². The lowest BCUT2D eigenvalue weighted by Crippen LogP contribution is -2.02. The van der Waals surface area contributed by atoms with Crippen LogP contribution < -0.4 is 0 Å². The second-order valence-electron chi connectivity index (χ2n) is 6.76. The van der Waals surface area contributed by atoms with E-state index in [1.807, 2.05) is 41.8 Å². The number of unbranched alkanes of at least 4 members (excludes halogenated alkanes) is 1. The quantitative estimate of drug-likeness (QED) is 0.343. The summed E-state index contributed by atoms with van der Waals surface area (Å²) in [5.74, 6) is 2.55. The van der Waals surface area contributed by atoms with E-state index in [4.69, 9.17) is 16.1 Å². The smallest absolute Gasteiger partial charge is 0.237 e. The van der Waals surface area contributed by atoms with Crippen LogP contribution in [0.2, 0.25) is 5.02 Å². The summed E-state index contributed by atoms with van der Waals surface area (Å²) >= 11 is 7.89. The molecule has 1 aromatic carbocycles. The van der Waals surface area contributed by atoms with Crippen molar-refractivity contribution in [3.05, 3.63) is 65.0 Å². The zero-order chi connectivity index (χ0) is 20.9. The number of hydrogen-bond acceptors (Lipinski definition) is 7. The molecular weight excluding hydrogens is 420 g/mol. The van der Waals surface area contributed by atoms with E-state index in [2.05, 4.69) is 32.2 Å². The van der Waals surface area contributed by atoms with Gasteiger partial charge in [0.05, 0.1) is 11.4 Å². The van der Waals surface area contributed by atoms with Gasteiger partial charge in [0, 0.05) is 29.4 Å². The van der Waals surface area contributed by atoms with Crippen LogP contribution in [0.25, 0.3) is 17.1 Å². The number of aryl methyl sites for hydroxylation is 1. The van der Waals surface area contributed by atoms with Crippen LogP contribution in [0.4, 0.5) is 0 Å². The Morgan fingerprint density at radius 1 is 1.13 bits per heavy atom. The van der Waals surface area contributed by atoms with Crippen LogP contribution in [0.15, 0.2) is 52.4 Å². The number of aromatic nitrogens is 6. The van der Waals surface area contributed by atoms with Crippen molar-refractivity contribution in [3.63, 3.8) is 0 Å². The van der Waals surface area contributed by atoms with Crippen molar-refractivity contribution in [2.45, 2.75) is 44.0 Å². The van der Waals surface area contributed by atoms with Crippen molar-refractivity contribution in [3.8, 4) is 17.1 Å². The molecule has 0 amide bonds. The number of rotatable bonds is 8. The lowest BCUT2D eigenvalue weighted by molar-refractivity contribution is 0.384. The van der Waals surface area contributed by atoms with Crippen molar-refractivity contribution < 1.29 is 4.52 Å². The van der Waals surface area contributed by atoms with Gasteiger partial charge in [0.2, 0.25) is 5.89 Å². The zero-order valence-corrected chi connectivity index (χ0v) is 18.3. The van der Waals surface area contributed by atoms with Gasteiger partial charge in [-0.05, 0) is 43.2 Å². The first kappa shape index (κ1) is 20.6. The highest BCUT2D eigenvalue weighted by molar-refractivity contribution is 7.98. The van der Waals surface area contributed by atoms with Crippen LogP contribution in [-0.4, -0.2) is 29.9 Å². The Morgan fingerprint density at radius 3 is 2.77 bits per heavy atom. The Kier molecular flexibility index (Phi) is 6.44. The SMILES string of the molecule is CCCCc1noc(CSc2nnc(-c3ccncc3)n2-c2cccc(Cl)c2C)n1. The molecule has 0 saturated carbocycles. The zero-order valence-electron chi connectivity index (χ0n) is 16.7. The van der Waals surface area contributed by atoms with Crippen LogP contribution in [0.1, 0.15) is 37.0 Å². The maximum atomic E-state index is 6.39. The van der Waals surface area contributed by atoms with E-state index in [9.17, 15) is 0 Å². The molecule has 4 aromatic rings. The predicted octanol–water partition coefficient (Wildman–Crippen LogP) is 5.31. The summed E-state index contributed by atoms with van der Waals surface area (Å²) in [4.78, 5) is 8.58. The molecule has 0 spiro atoms. The molecule has 0 radical (unpaired) electrons. The van der Waals surface area contributed by atoms with E-state index in [1.54, 1.807) is 12.4 Å². The second kappa shape index (κ2) is 9.40. The summed E-state index contributed by atoms with van der Waals surface area (Å²) in [5, 5.41) is 14.4. The van der Waals surface area contributed by atoms with E-state index in [-0.39, 0.29) is 0 Å². The van der Waals surface area contributed by atoms with Gasteiger partial charge in [-0.25, -0.2) is 0 Å². The lowest BCUT2D eigenvalue weighted by atomic mass is 10.2. The van der Waals surface area contributed by atoms with Crippen molar-refractivity contribution in [1.29, 1.82) is 0 Å². The van der Waals surface area contributed by atoms with E-state index < -0.39 is 0 Å². The minimum atomic E-state index is 0.507. The number of benzene rings is 1. The van der Waals surface area contributed by atoms with E-state index in [0.717, 1.165) is 52.9 Å². The molecule has 0 N–H and O–H groups in total. The minimum absolute atomic E-state index is 0.507. The fourth-order valence-electron chi connectivity index (χ4n) is 3.02. The Balaban J connectivity index is 1.67. The second-order valence-corrected chi connectivity index (χ2v) is 8.11. The van der Waals surface area contributed by atoms with Gasteiger partial charge in [-0.2, -0.15) is 4.98 Å². The third-order valence-corrected chi connectivity index (χ3v) is 5.96. The van der Waals surface area contributed by atoms with Crippen LogP contribution in [0.5, 0.6) is 0 Å². The summed E-state index contributed by atoms with van der Waals surface area (Å²) in [6, 6.07) is 9.63. The topological polar surface area (TPSA) is 82.5 Å². The normalized spacial score (nSPS) is 11.2. The van der Waals surface area contributed by atoms with Gasteiger partial charge >= 0.3 is 0 Å². The summed E-state index contributed by atoms with van der Waals surface area (Å²) < 4.78 is 7.40. The highest BCUT2D eigenvalue weighted by atomic mass is 35.5. The summed E-state index contributed by atoms with van der Waals surface area (Å²) in [5.41, 5.74) is 2.80. The van der Waals surface area contributed by atoms with Gasteiger partial charge in [-0.1, -0.05) is 47.9 Å². The molecule has 3 aromatic heterocycles. The van der Waals surface area contributed by atoms with E-state index >= 15 is 0 Å². The number of pyridine rings is 1. The molecular formula is C21H21ClN6OS. The first-order valence-corrected chi connectivity index (χ1v) is 11.1. The van der Waals surface area contributed by atoms with Gasteiger partial charge in [0.15, 0.2) is 16.8 Å². The molecule has 154 valence electrons. The third kappa shape index (κ3) is 4.39. The maximum absolute atomic E-state index is 6.39. The Hall–Kier alpha value is -2.71. The van der Waals surface area contributed by atoms with Gasteiger partial charge in [-0.15, -0.1) is 10.2 Å². The monoisotopic (exact) mass is 440 g/mol. The molecule has 0 saturated heterocycles. The van der Waals surface area contributed by atoms with Crippen LogP contribution >= 0.6 is 23.4 Å². The first-order chi connectivity index (χ1) is 14.7. The molecule has 0 bridgehead atoms.